The molecular weight excluding hydrogens is 131 g/mol. The van der Waals surface area contributed by atoms with Crippen LogP contribution < -0.4 is 0 Å². The van der Waals surface area contributed by atoms with E-state index in [1.807, 2.05) is 6.92 Å². The molecule has 0 spiro atoms. The summed E-state index contributed by atoms with van der Waals surface area (Å²) >= 11 is 10.5. The van der Waals surface area contributed by atoms with Crippen LogP contribution >= 0.6 is 23.2 Å². The van der Waals surface area contributed by atoms with Gasteiger partial charge in [0.05, 0.1) is 0 Å². The second-order valence-corrected chi connectivity index (χ2v) is 2.29. The smallest absolute Gasteiger partial charge is 0.0960 e. The number of hydrogen-bond donors (Lipinski definition) is 0. The summed E-state index contributed by atoms with van der Waals surface area (Å²) in [5, 5.41) is 0. The lowest BCUT2D eigenvalue weighted by Crippen LogP contribution is -1.58. The molecule has 0 aliphatic rings. The van der Waals surface area contributed by atoms with E-state index in [9.17, 15) is 0 Å². The lowest BCUT2D eigenvalue weighted by Gasteiger charge is -1.81. The van der Waals surface area contributed by atoms with Crippen molar-refractivity contribution < 1.29 is 0 Å². The van der Waals surface area contributed by atoms with E-state index in [0.29, 0.717) is 0 Å². The molecule has 7 heavy (non-hydrogen) atoms. The standard InChI is InChI=1S/C5H6Cl2/c1-4(2)3-5(6)7/h3H,1H2,2H3. The van der Waals surface area contributed by atoms with E-state index >= 15 is 0 Å². The molecule has 0 radical (unpaired) electrons. The molecule has 0 rings (SSSR count). The Morgan fingerprint density at radius 1 is 1.57 bits per heavy atom. The molecule has 0 N–H and O–H groups in total. The molecular formula is C5H6Cl2. The lowest BCUT2D eigenvalue weighted by atomic mass is 10.4. The molecule has 0 bridgehead atoms. The quantitative estimate of drug-likeness (QED) is 0.487. The molecule has 0 saturated heterocycles. The predicted molar refractivity (Wildman–Crippen MR) is 34.6 cm³/mol. The molecule has 0 aromatic heterocycles. The van der Waals surface area contributed by atoms with Crippen molar-refractivity contribution in [1.82, 2.24) is 0 Å². The van der Waals surface area contributed by atoms with Crippen molar-refractivity contribution in [2.75, 3.05) is 0 Å². The molecule has 0 amide bonds. The summed E-state index contributed by atoms with van der Waals surface area (Å²) in [5.41, 5.74) is 0.861. The van der Waals surface area contributed by atoms with Crippen LogP contribution in [0.3, 0.4) is 0 Å². The van der Waals surface area contributed by atoms with E-state index in [1.165, 1.54) is 0 Å². The van der Waals surface area contributed by atoms with Gasteiger partial charge >= 0.3 is 0 Å². The molecule has 0 heterocycles. The molecule has 0 aliphatic heterocycles. The Labute approximate surface area is 53.4 Å². The highest BCUT2D eigenvalue weighted by Crippen LogP contribution is 2.08. The topological polar surface area (TPSA) is 0 Å². The highest BCUT2D eigenvalue weighted by atomic mass is 35.5. The van der Waals surface area contributed by atoms with E-state index in [4.69, 9.17) is 23.2 Å². The summed E-state index contributed by atoms with van der Waals surface area (Å²) in [7, 11) is 0. The van der Waals surface area contributed by atoms with Crippen LogP contribution in [0.5, 0.6) is 0 Å². The van der Waals surface area contributed by atoms with E-state index in [-0.39, 0.29) is 4.49 Å². The zero-order valence-corrected chi connectivity index (χ0v) is 5.55. The van der Waals surface area contributed by atoms with Gasteiger partial charge in [0.1, 0.15) is 4.49 Å². The first kappa shape index (κ1) is 7.06. The van der Waals surface area contributed by atoms with Crippen molar-refractivity contribution >= 4 is 23.2 Å². The van der Waals surface area contributed by atoms with Gasteiger partial charge in [0.2, 0.25) is 0 Å². The molecule has 0 fully saturated rings. The van der Waals surface area contributed by atoms with Crippen LogP contribution in [0.15, 0.2) is 22.7 Å². The monoisotopic (exact) mass is 136 g/mol. The van der Waals surface area contributed by atoms with Gasteiger partial charge in [-0.05, 0) is 13.0 Å². The van der Waals surface area contributed by atoms with Crippen LogP contribution in [-0.2, 0) is 0 Å². The molecule has 0 unspecified atom stereocenters. The molecule has 0 saturated carbocycles. The normalized spacial score (nSPS) is 7.86. The van der Waals surface area contributed by atoms with E-state index in [1.54, 1.807) is 6.08 Å². The number of rotatable bonds is 1. The van der Waals surface area contributed by atoms with Gasteiger partial charge in [-0.3, -0.25) is 0 Å². The minimum atomic E-state index is 0.257. The van der Waals surface area contributed by atoms with Gasteiger partial charge in [-0.1, -0.05) is 35.4 Å². The van der Waals surface area contributed by atoms with Crippen molar-refractivity contribution in [3.05, 3.63) is 22.7 Å². The van der Waals surface area contributed by atoms with Gasteiger partial charge in [-0.2, -0.15) is 0 Å². The SMILES string of the molecule is C=C(C)C=C(Cl)Cl. The first-order valence-corrected chi connectivity index (χ1v) is 2.56. The largest absolute Gasteiger partial charge is 0.107 e. The third-order valence-corrected chi connectivity index (χ3v) is 0.574. The van der Waals surface area contributed by atoms with Crippen LogP contribution in [0.25, 0.3) is 0 Å². The highest BCUT2D eigenvalue weighted by molar-refractivity contribution is 6.56. The predicted octanol–water partition coefficient (Wildman–Crippen LogP) is 2.88. The summed E-state index contributed by atoms with van der Waals surface area (Å²) in [6.45, 7) is 5.37. The fourth-order valence-electron chi connectivity index (χ4n) is 0.186. The van der Waals surface area contributed by atoms with Gasteiger partial charge in [-0.25, -0.2) is 0 Å². The summed E-state index contributed by atoms with van der Waals surface area (Å²) < 4.78 is 0.257. The van der Waals surface area contributed by atoms with Crippen LogP contribution in [0.4, 0.5) is 0 Å². The second-order valence-electron chi connectivity index (χ2n) is 1.28. The van der Waals surface area contributed by atoms with Gasteiger partial charge in [0.15, 0.2) is 0 Å². The van der Waals surface area contributed by atoms with Crippen molar-refractivity contribution in [3.8, 4) is 0 Å². The average Bonchev–Trinajstić information content (AvgIpc) is 1.27. The lowest BCUT2D eigenvalue weighted by molar-refractivity contribution is 1.57. The Morgan fingerprint density at radius 3 is 2.00 bits per heavy atom. The van der Waals surface area contributed by atoms with Crippen LogP contribution in [0.2, 0.25) is 0 Å². The van der Waals surface area contributed by atoms with Crippen LogP contribution in [-0.4, -0.2) is 0 Å². The summed E-state index contributed by atoms with van der Waals surface area (Å²) in [6.07, 6.45) is 1.59. The molecule has 0 atom stereocenters. The Balaban J connectivity index is 3.68. The van der Waals surface area contributed by atoms with E-state index in [0.717, 1.165) is 5.57 Å². The van der Waals surface area contributed by atoms with Gasteiger partial charge in [-0.15, -0.1) is 0 Å². The fraction of sp³-hybridized carbons (Fsp3) is 0.200. The minimum absolute atomic E-state index is 0.257. The first-order chi connectivity index (χ1) is 3.13. The van der Waals surface area contributed by atoms with Gasteiger partial charge in [0, 0.05) is 0 Å². The zero-order chi connectivity index (χ0) is 5.86. The summed E-state index contributed by atoms with van der Waals surface area (Å²) in [5.74, 6) is 0. The first-order valence-electron chi connectivity index (χ1n) is 1.81. The van der Waals surface area contributed by atoms with Crippen molar-refractivity contribution in [2.45, 2.75) is 6.92 Å². The Morgan fingerprint density at radius 2 is 2.00 bits per heavy atom. The molecule has 2 heteroatoms. The van der Waals surface area contributed by atoms with Crippen LogP contribution in [0, 0.1) is 0 Å². The van der Waals surface area contributed by atoms with E-state index in [2.05, 4.69) is 6.58 Å². The Bertz CT molecular complexity index is 98.6. The summed E-state index contributed by atoms with van der Waals surface area (Å²) in [6, 6.07) is 0. The maximum Gasteiger partial charge on any atom is 0.107 e. The van der Waals surface area contributed by atoms with Crippen molar-refractivity contribution in [3.63, 3.8) is 0 Å². The number of halogens is 2. The molecule has 0 aliphatic carbocycles. The minimum Gasteiger partial charge on any atom is -0.0960 e. The molecule has 0 aromatic carbocycles. The third-order valence-electron chi connectivity index (χ3n) is 0.356. The van der Waals surface area contributed by atoms with E-state index < -0.39 is 0 Å². The number of allylic oxidation sites excluding steroid dienone is 2. The summed E-state index contributed by atoms with van der Waals surface area (Å²) in [4.78, 5) is 0. The number of hydrogen-bond acceptors (Lipinski definition) is 0. The molecule has 40 valence electrons. The fourth-order valence-corrected chi connectivity index (χ4v) is 0.559. The van der Waals surface area contributed by atoms with Crippen molar-refractivity contribution in [2.24, 2.45) is 0 Å². The molecule has 0 aromatic rings. The average molecular weight is 137 g/mol. The maximum atomic E-state index is 5.24. The Hall–Kier alpha value is 0.0600. The highest BCUT2D eigenvalue weighted by Gasteiger charge is 1.79. The Kier molecular flexibility index (Phi) is 3.14. The maximum absolute atomic E-state index is 5.24. The van der Waals surface area contributed by atoms with Crippen LogP contribution in [0.1, 0.15) is 6.92 Å². The third kappa shape index (κ3) is 6.06. The molecule has 0 nitrogen and oxygen atoms in total. The van der Waals surface area contributed by atoms with Crippen molar-refractivity contribution in [1.29, 1.82) is 0 Å². The second kappa shape index (κ2) is 3.11. The van der Waals surface area contributed by atoms with Gasteiger partial charge < -0.3 is 0 Å². The van der Waals surface area contributed by atoms with Gasteiger partial charge in [0.25, 0.3) is 0 Å². The zero-order valence-electron chi connectivity index (χ0n) is 4.04.